The number of carbonyl (C=O) groups excluding carboxylic acids is 2. The Morgan fingerprint density at radius 1 is 1.11 bits per heavy atom. The molecule has 3 amide bonds. The highest BCUT2D eigenvalue weighted by Crippen LogP contribution is 2.59. The molecule has 0 aromatic heterocycles. The summed E-state index contributed by atoms with van der Waals surface area (Å²) in [6.07, 6.45) is 3.31. The van der Waals surface area contributed by atoms with Crippen LogP contribution in [0, 0.1) is 18.3 Å². The van der Waals surface area contributed by atoms with Crippen LogP contribution in [0.4, 0.5) is 10.5 Å². The Kier molecular flexibility index (Phi) is 5.96. The van der Waals surface area contributed by atoms with Crippen LogP contribution in [0.5, 0.6) is 0 Å². The van der Waals surface area contributed by atoms with Crippen molar-refractivity contribution >= 4 is 30.0 Å². The first-order valence-corrected chi connectivity index (χ1v) is 9.70. The van der Waals surface area contributed by atoms with Crippen molar-refractivity contribution in [2.24, 2.45) is 11.3 Å². The number of aryl methyl sites for hydroxylation is 1. The molecular weight excluding hydrogens is 364 g/mol. The van der Waals surface area contributed by atoms with E-state index in [2.05, 4.69) is 10.6 Å². The Bertz CT molecular complexity index is 697. The van der Waals surface area contributed by atoms with Crippen molar-refractivity contribution in [1.29, 1.82) is 0 Å². The second-order valence-electron chi connectivity index (χ2n) is 7.98. The number of carbonyl (C=O) groups is 2. The fourth-order valence-corrected chi connectivity index (χ4v) is 4.45. The van der Waals surface area contributed by atoms with E-state index in [4.69, 9.17) is 0 Å². The third-order valence-electron chi connectivity index (χ3n) is 6.24. The highest BCUT2D eigenvalue weighted by Gasteiger charge is 2.58. The average Bonchev–Trinajstić information content (AvgIpc) is 3.34. The molecule has 148 valence electrons. The van der Waals surface area contributed by atoms with Crippen molar-refractivity contribution in [3.05, 3.63) is 29.8 Å². The van der Waals surface area contributed by atoms with E-state index in [1.165, 1.54) is 0 Å². The molecule has 2 heterocycles. The molecule has 7 heteroatoms. The number of piperazine rings is 1. The Balaban J connectivity index is 0.00000210. The topological polar surface area (TPSA) is 64.7 Å². The summed E-state index contributed by atoms with van der Waals surface area (Å²) >= 11 is 0. The highest BCUT2D eigenvalue weighted by molar-refractivity contribution is 5.90. The van der Waals surface area contributed by atoms with E-state index in [-0.39, 0.29) is 29.8 Å². The lowest BCUT2D eigenvalue weighted by Crippen LogP contribution is -2.52. The lowest BCUT2D eigenvalue weighted by Gasteiger charge is -2.35. The van der Waals surface area contributed by atoms with E-state index in [0.29, 0.717) is 32.1 Å². The van der Waals surface area contributed by atoms with Gasteiger partial charge in [0.25, 0.3) is 0 Å². The molecule has 2 aliphatic heterocycles. The van der Waals surface area contributed by atoms with Gasteiger partial charge in [0, 0.05) is 37.8 Å². The lowest BCUT2D eigenvalue weighted by molar-refractivity contribution is -0.135. The zero-order valence-corrected chi connectivity index (χ0v) is 16.7. The molecule has 4 rings (SSSR count). The second-order valence-corrected chi connectivity index (χ2v) is 7.98. The van der Waals surface area contributed by atoms with Crippen molar-refractivity contribution < 1.29 is 9.59 Å². The molecule has 1 aromatic rings. The lowest BCUT2D eigenvalue weighted by atomic mass is 9.91. The van der Waals surface area contributed by atoms with Gasteiger partial charge in [0.2, 0.25) is 5.91 Å². The maximum atomic E-state index is 12.8. The van der Waals surface area contributed by atoms with Gasteiger partial charge in [-0.05, 0) is 62.4 Å². The summed E-state index contributed by atoms with van der Waals surface area (Å²) in [7, 11) is 0. The smallest absolute Gasteiger partial charge is 0.321 e. The van der Waals surface area contributed by atoms with Crippen LogP contribution >= 0.6 is 12.4 Å². The molecule has 1 unspecified atom stereocenters. The third-order valence-corrected chi connectivity index (χ3v) is 6.24. The molecule has 1 aliphatic carbocycles. The number of rotatable bonds is 2. The average molecular weight is 393 g/mol. The fraction of sp³-hybridized carbons (Fsp3) is 0.600. The number of anilines is 1. The van der Waals surface area contributed by atoms with Crippen molar-refractivity contribution in [2.75, 3.05) is 44.6 Å². The van der Waals surface area contributed by atoms with Crippen LogP contribution in [0.2, 0.25) is 0 Å². The first kappa shape index (κ1) is 20.0. The van der Waals surface area contributed by atoms with E-state index >= 15 is 0 Å². The van der Waals surface area contributed by atoms with E-state index in [9.17, 15) is 9.59 Å². The van der Waals surface area contributed by atoms with Crippen molar-refractivity contribution in [3.63, 3.8) is 0 Å². The number of benzene rings is 1. The predicted molar refractivity (Wildman–Crippen MR) is 108 cm³/mol. The summed E-state index contributed by atoms with van der Waals surface area (Å²) in [6.45, 7) is 6.57. The molecule has 1 spiro atoms. The minimum absolute atomic E-state index is 0. The minimum Gasteiger partial charge on any atom is -0.339 e. The highest BCUT2D eigenvalue weighted by atomic mass is 35.5. The van der Waals surface area contributed by atoms with Gasteiger partial charge in [0.15, 0.2) is 0 Å². The number of urea groups is 1. The Hall–Kier alpha value is -1.79. The first-order chi connectivity index (χ1) is 12.6. The van der Waals surface area contributed by atoms with Crippen LogP contribution in [-0.4, -0.2) is 61.0 Å². The Morgan fingerprint density at radius 2 is 1.78 bits per heavy atom. The summed E-state index contributed by atoms with van der Waals surface area (Å²) in [5.74, 6) is 0.530. The molecule has 1 atom stereocenters. The molecular formula is C20H29ClN4O2. The quantitative estimate of drug-likeness (QED) is 0.812. The molecule has 3 aliphatic rings. The van der Waals surface area contributed by atoms with Gasteiger partial charge in [-0.25, -0.2) is 4.79 Å². The van der Waals surface area contributed by atoms with Crippen molar-refractivity contribution in [1.82, 2.24) is 15.1 Å². The van der Waals surface area contributed by atoms with Gasteiger partial charge in [-0.15, -0.1) is 12.4 Å². The van der Waals surface area contributed by atoms with Crippen LogP contribution in [0.3, 0.4) is 0 Å². The molecule has 2 N–H and O–H groups in total. The summed E-state index contributed by atoms with van der Waals surface area (Å²) in [6, 6.07) is 7.73. The molecule has 1 saturated carbocycles. The maximum Gasteiger partial charge on any atom is 0.321 e. The minimum atomic E-state index is -0.0797. The predicted octanol–water partition coefficient (Wildman–Crippen LogP) is 2.48. The molecule has 6 nitrogen and oxygen atoms in total. The number of halogens is 1. The van der Waals surface area contributed by atoms with Gasteiger partial charge >= 0.3 is 6.03 Å². The van der Waals surface area contributed by atoms with E-state index < -0.39 is 0 Å². The number of hydrogen-bond acceptors (Lipinski definition) is 3. The van der Waals surface area contributed by atoms with Gasteiger partial charge in [-0.3, -0.25) is 4.79 Å². The van der Waals surface area contributed by atoms with Gasteiger partial charge in [0.05, 0.1) is 0 Å². The number of nitrogens with one attached hydrogen (secondary N) is 2. The zero-order valence-electron chi connectivity index (χ0n) is 15.9. The second kappa shape index (κ2) is 8.07. The largest absolute Gasteiger partial charge is 0.339 e. The van der Waals surface area contributed by atoms with Gasteiger partial charge in [-0.2, -0.15) is 0 Å². The molecule has 0 radical (unpaired) electrons. The number of amides is 3. The van der Waals surface area contributed by atoms with E-state index in [1.807, 2.05) is 36.1 Å². The molecule has 2 saturated heterocycles. The fourth-order valence-electron chi connectivity index (χ4n) is 4.45. The summed E-state index contributed by atoms with van der Waals surface area (Å²) in [5.41, 5.74) is 2.22. The van der Waals surface area contributed by atoms with E-state index in [1.54, 1.807) is 4.90 Å². The van der Waals surface area contributed by atoms with Crippen LogP contribution < -0.4 is 10.6 Å². The molecule has 0 bridgehead atoms. The van der Waals surface area contributed by atoms with Crippen LogP contribution in [0.15, 0.2) is 24.3 Å². The number of nitrogens with zero attached hydrogens (tertiary/aromatic N) is 2. The summed E-state index contributed by atoms with van der Waals surface area (Å²) in [4.78, 5) is 29.0. The standard InChI is InChI=1S/C20H28N4O2.ClH/c1-15-3-2-4-16(13-15)22-19(26)24-11-9-23(10-12-24)18(25)17-14-20(17)5-7-21-8-6-20;/h2-4,13,17,21H,5-12,14H2,1H3,(H,22,26);1H. The number of hydrogen-bond donors (Lipinski definition) is 2. The van der Waals surface area contributed by atoms with Gasteiger partial charge in [0.1, 0.15) is 0 Å². The van der Waals surface area contributed by atoms with Crippen molar-refractivity contribution in [3.8, 4) is 0 Å². The van der Waals surface area contributed by atoms with Gasteiger partial charge in [-0.1, -0.05) is 12.1 Å². The molecule has 27 heavy (non-hydrogen) atoms. The molecule has 1 aromatic carbocycles. The van der Waals surface area contributed by atoms with Crippen LogP contribution in [-0.2, 0) is 4.79 Å². The van der Waals surface area contributed by atoms with Crippen LogP contribution in [0.1, 0.15) is 24.8 Å². The Labute approximate surface area is 167 Å². The summed E-state index contributed by atoms with van der Waals surface area (Å²) < 4.78 is 0. The number of piperidine rings is 1. The van der Waals surface area contributed by atoms with Crippen molar-refractivity contribution in [2.45, 2.75) is 26.2 Å². The van der Waals surface area contributed by atoms with Gasteiger partial charge < -0.3 is 20.4 Å². The zero-order chi connectivity index (χ0) is 18.1. The normalized spacial score (nSPS) is 23.5. The van der Waals surface area contributed by atoms with Crippen LogP contribution in [0.25, 0.3) is 0 Å². The SMILES string of the molecule is Cc1cccc(NC(=O)N2CCN(C(=O)C3CC34CCNCC4)CC2)c1.Cl. The molecule has 3 fully saturated rings. The first-order valence-electron chi connectivity index (χ1n) is 9.70. The summed E-state index contributed by atoms with van der Waals surface area (Å²) in [5, 5.41) is 6.34. The van der Waals surface area contributed by atoms with E-state index in [0.717, 1.165) is 43.6 Å². The Morgan fingerprint density at radius 3 is 2.44 bits per heavy atom. The maximum absolute atomic E-state index is 12.8. The third kappa shape index (κ3) is 4.22. The monoisotopic (exact) mass is 392 g/mol.